The van der Waals surface area contributed by atoms with Crippen molar-refractivity contribution in [2.24, 2.45) is 0 Å². The molecule has 1 rings (SSSR count). The Morgan fingerprint density at radius 3 is 2.14 bits per heavy atom. The van der Waals surface area contributed by atoms with Crippen molar-refractivity contribution in [1.82, 2.24) is 0 Å². The largest absolute Gasteiger partial charge is 0.299 e. The van der Waals surface area contributed by atoms with Crippen LogP contribution in [0.3, 0.4) is 0 Å². The molecule has 22 heavy (non-hydrogen) atoms. The Kier molecular flexibility index (Phi) is 6.79. The van der Waals surface area contributed by atoms with Crippen molar-refractivity contribution < 1.29 is 13.2 Å². The number of carbonyl (C=O) groups excluding carboxylic acids is 1. The standard InChI is InChI=1S/C18H28O3S/c1-15-9-11-16(12-10-15)14-17(19)8-6-5-7-13-22(20,21)18(2,3)4/h9-12H,5-8,13-14H2,1-4H3. The zero-order valence-electron chi connectivity index (χ0n) is 14.2. The number of ketones is 1. The van der Waals surface area contributed by atoms with Crippen molar-refractivity contribution in [3.05, 3.63) is 35.4 Å². The molecule has 1 aromatic carbocycles. The van der Waals surface area contributed by atoms with Crippen LogP contribution in [0.15, 0.2) is 24.3 Å². The number of rotatable bonds is 8. The van der Waals surface area contributed by atoms with Crippen LogP contribution < -0.4 is 0 Å². The summed E-state index contributed by atoms with van der Waals surface area (Å²) < 4.78 is 23.2. The number of Topliss-reactive ketones (excluding diaryl/α,β-unsaturated/α-hetero) is 1. The summed E-state index contributed by atoms with van der Waals surface area (Å²) in [7, 11) is -3.04. The van der Waals surface area contributed by atoms with Crippen LogP contribution >= 0.6 is 0 Å². The third kappa shape index (κ3) is 6.30. The molecular formula is C18H28O3S. The Morgan fingerprint density at radius 2 is 1.59 bits per heavy atom. The fraction of sp³-hybridized carbons (Fsp3) is 0.611. The lowest BCUT2D eigenvalue weighted by molar-refractivity contribution is -0.118. The van der Waals surface area contributed by atoms with Crippen molar-refractivity contribution >= 4 is 15.6 Å². The van der Waals surface area contributed by atoms with Crippen LogP contribution in [0.4, 0.5) is 0 Å². The first-order valence-electron chi connectivity index (χ1n) is 7.91. The molecule has 0 saturated carbocycles. The number of carbonyl (C=O) groups is 1. The quantitative estimate of drug-likeness (QED) is 0.682. The minimum absolute atomic E-state index is 0.211. The van der Waals surface area contributed by atoms with Gasteiger partial charge in [-0.2, -0.15) is 0 Å². The topological polar surface area (TPSA) is 51.2 Å². The average molecular weight is 324 g/mol. The Bertz CT molecular complexity index is 578. The number of sulfone groups is 1. The fourth-order valence-electron chi connectivity index (χ4n) is 2.12. The predicted molar refractivity (Wildman–Crippen MR) is 91.9 cm³/mol. The molecule has 0 heterocycles. The van der Waals surface area contributed by atoms with Crippen molar-refractivity contribution in [3.8, 4) is 0 Å². The van der Waals surface area contributed by atoms with E-state index in [-0.39, 0.29) is 11.5 Å². The summed E-state index contributed by atoms with van der Waals surface area (Å²) in [5, 5.41) is 0. The van der Waals surface area contributed by atoms with Gasteiger partial charge >= 0.3 is 0 Å². The van der Waals surface area contributed by atoms with Crippen LogP contribution in [0, 0.1) is 6.92 Å². The van der Waals surface area contributed by atoms with Crippen LogP contribution in [-0.2, 0) is 21.1 Å². The number of hydrogen-bond acceptors (Lipinski definition) is 3. The maximum Gasteiger partial charge on any atom is 0.155 e. The van der Waals surface area contributed by atoms with Crippen LogP contribution in [0.1, 0.15) is 57.6 Å². The second-order valence-corrected chi connectivity index (χ2v) is 9.81. The number of unbranched alkanes of at least 4 members (excludes halogenated alkanes) is 2. The van der Waals surface area contributed by atoms with E-state index in [0.717, 1.165) is 18.4 Å². The van der Waals surface area contributed by atoms with Crippen LogP contribution in [-0.4, -0.2) is 24.7 Å². The summed E-state index contributed by atoms with van der Waals surface area (Å²) in [5.74, 6) is 0.436. The third-order valence-electron chi connectivity index (χ3n) is 3.82. The molecule has 0 bridgehead atoms. The minimum Gasteiger partial charge on any atom is -0.299 e. The van der Waals surface area contributed by atoms with Gasteiger partial charge in [-0.25, -0.2) is 8.42 Å². The Hall–Kier alpha value is -1.16. The Morgan fingerprint density at radius 1 is 1.00 bits per heavy atom. The molecule has 0 aliphatic carbocycles. The smallest absolute Gasteiger partial charge is 0.155 e. The van der Waals surface area contributed by atoms with E-state index >= 15 is 0 Å². The van der Waals surface area contributed by atoms with Crippen molar-refractivity contribution in [2.45, 2.75) is 64.5 Å². The maximum atomic E-state index is 12.0. The van der Waals surface area contributed by atoms with Gasteiger partial charge in [0.25, 0.3) is 0 Å². The average Bonchev–Trinajstić information content (AvgIpc) is 2.39. The zero-order chi connectivity index (χ0) is 16.8. The first-order chi connectivity index (χ1) is 10.1. The van der Waals surface area contributed by atoms with E-state index in [2.05, 4.69) is 0 Å². The van der Waals surface area contributed by atoms with Crippen molar-refractivity contribution in [3.63, 3.8) is 0 Å². The predicted octanol–water partition coefficient (Wildman–Crippen LogP) is 3.88. The van der Waals surface area contributed by atoms with Gasteiger partial charge < -0.3 is 0 Å². The Labute approximate surface area is 135 Å². The monoisotopic (exact) mass is 324 g/mol. The van der Waals surface area contributed by atoms with Gasteiger partial charge in [-0.05, 0) is 46.1 Å². The molecule has 0 radical (unpaired) electrons. The van der Waals surface area contributed by atoms with E-state index in [9.17, 15) is 13.2 Å². The van der Waals surface area contributed by atoms with Crippen LogP contribution in [0.25, 0.3) is 0 Å². The highest BCUT2D eigenvalue weighted by atomic mass is 32.2. The highest BCUT2D eigenvalue weighted by molar-refractivity contribution is 7.92. The Balaban J connectivity index is 2.25. The summed E-state index contributed by atoms with van der Waals surface area (Å²) in [5.41, 5.74) is 2.24. The van der Waals surface area contributed by atoms with E-state index in [1.807, 2.05) is 31.2 Å². The van der Waals surface area contributed by atoms with Gasteiger partial charge in [0.05, 0.1) is 10.5 Å². The highest BCUT2D eigenvalue weighted by Gasteiger charge is 2.27. The van der Waals surface area contributed by atoms with Gasteiger partial charge in [0, 0.05) is 12.8 Å². The van der Waals surface area contributed by atoms with Crippen molar-refractivity contribution in [1.29, 1.82) is 0 Å². The van der Waals surface area contributed by atoms with Gasteiger partial charge in [-0.1, -0.05) is 36.2 Å². The van der Waals surface area contributed by atoms with Gasteiger partial charge in [-0.3, -0.25) is 4.79 Å². The summed E-state index contributed by atoms with van der Waals surface area (Å²) >= 11 is 0. The van der Waals surface area contributed by atoms with E-state index in [1.165, 1.54) is 5.56 Å². The molecular weight excluding hydrogens is 296 g/mol. The lowest BCUT2D eigenvalue weighted by Gasteiger charge is -2.18. The van der Waals surface area contributed by atoms with Gasteiger partial charge in [0.2, 0.25) is 0 Å². The molecule has 0 N–H and O–H groups in total. The molecule has 3 nitrogen and oxygen atoms in total. The molecule has 0 aliphatic rings. The number of aryl methyl sites for hydroxylation is 1. The molecule has 0 atom stereocenters. The lowest BCUT2D eigenvalue weighted by Crippen LogP contribution is -2.30. The molecule has 0 amide bonds. The van der Waals surface area contributed by atoms with Crippen molar-refractivity contribution in [2.75, 3.05) is 5.75 Å². The fourth-order valence-corrected chi connectivity index (χ4v) is 3.32. The van der Waals surface area contributed by atoms with E-state index in [4.69, 9.17) is 0 Å². The number of hydrogen-bond donors (Lipinski definition) is 0. The molecule has 4 heteroatoms. The van der Waals surface area contributed by atoms with E-state index in [1.54, 1.807) is 20.8 Å². The minimum atomic E-state index is -3.04. The second-order valence-electron chi connectivity index (χ2n) is 6.94. The summed E-state index contributed by atoms with van der Waals surface area (Å²) in [6.07, 6.45) is 3.20. The lowest BCUT2D eigenvalue weighted by atomic mass is 10.0. The van der Waals surface area contributed by atoms with Gasteiger partial charge in [0.15, 0.2) is 9.84 Å². The SMILES string of the molecule is Cc1ccc(CC(=O)CCCCCS(=O)(=O)C(C)(C)C)cc1. The van der Waals surface area contributed by atoms with E-state index < -0.39 is 14.6 Å². The van der Waals surface area contributed by atoms with Gasteiger partial charge in [0.1, 0.15) is 5.78 Å². The molecule has 0 unspecified atom stereocenters. The third-order valence-corrected chi connectivity index (χ3v) is 6.52. The molecule has 1 aromatic rings. The zero-order valence-corrected chi connectivity index (χ0v) is 15.0. The molecule has 0 spiro atoms. The summed E-state index contributed by atoms with van der Waals surface area (Å²) in [4.78, 5) is 11.9. The number of benzene rings is 1. The molecule has 0 aliphatic heterocycles. The normalized spacial score (nSPS) is 12.4. The van der Waals surface area contributed by atoms with Gasteiger partial charge in [-0.15, -0.1) is 0 Å². The maximum absolute atomic E-state index is 12.0. The van der Waals surface area contributed by atoms with Crippen LogP contribution in [0.5, 0.6) is 0 Å². The second kappa shape index (κ2) is 7.91. The molecule has 124 valence electrons. The molecule has 0 fully saturated rings. The molecule has 0 aromatic heterocycles. The first kappa shape index (κ1) is 18.9. The van der Waals surface area contributed by atoms with Crippen LogP contribution in [0.2, 0.25) is 0 Å². The van der Waals surface area contributed by atoms with E-state index in [0.29, 0.717) is 19.3 Å². The highest BCUT2D eigenvalue weighted by Crippen LogP contribution is 2.18. The first-order valence-corrected chi connectivity index (χ1v) is 9.56. The summed E-state index contributed by atoms with van der Waals surface area (Å²) in [6, 6.07) is 8.01. The molecule has 0 saturated heterocycles. The summed E-state index contributed by atoms with van der Waals surface area (Å²) in [6.45, 7) is 7.21.